The fourth-order valence-corrected chi connectivity index (χ4v) is 3.08. The summed E-state index contributed by atoms with van der Waals surface area (Å²) in [6.45, 7) is 5.16. The Morgan fingerprint density at radius 3 is 2.71 bits per heavy atom. The highest BCUT2D eigenvalue weighted by Gasteiger charge is 2.24. The molecule has 112 valence electrons. The number of ether oxygens (including phenoxy) is 1. The van der Waals surface area contributed by atoms with Gasteiger partial charge in [-0.25, -0.2) is 4.79 Å². The highest BCUT2D eigenvalue weighted by Crippen LogP contribution is 2.24. The van der Waals surface area contributed by atoms with Crippen LogP contribution in [0.25, 0.3) is 0 Å². The molecule has 2 rings (SSSR count). The second-order valence-corrected chi connectivity index (χ2v) is 7.23. The number of rotatable bonds is 5. The van der Waals surface area contributed by atoms with Gasteiger partial charge >= 0.3 is 5.97 Å². The van der Waals surface area contributed by atoms with E-state index in [1.807, 2.05) is 13.8 Å². The van der Waals surface area contributed by atoms with Crippen molar-refractivity contribution in [3.05, 3.63) is 37.8 Å². The molecule has 0 unspecified atom stereocenters. The molecule has 2 aromatic rings. The van der Waals surface area contributed by atoms with Gasteiger partial charge in [-0.15, -0.1) is 11.3 Å². The smallest absolute Gasteiger partial charge is 0.344 e. The lowest BCUT2D eigenvalue weighted by Crippen LogP contribution is -2.15. The van der Waals surface area contributed by atoms with Crippen molar-refractivity contribution in [3.63, 3.8) is 0 Å². The van der Waals surface area contributed by atoms with E-state index in [2.05, 4.69) is 21.1 Å². The lowest BCUT2D eigenvalue weighted by atomic mass is 10.1. The normalized spacial score (nSPS) is 10.9. The van der Waals surface area contributed by atoms with Crippen LogP contribution in [0.1, 0.15) is 51.2 Å². The second-order valence-electron chi connectivity index (χ2n) is 4.77. The number of aryl methyl sites for hydroxylation is 1. The summed E-state index contributed by atoms with van der Waals surface area (Å²) in [7, 11) is 0. The average molecular weight is 372 g/mol. The van der Waals surface area contributed by atoms with E-state index >= 15 is 0 Å². The third-order valence-corrected chi connectivity index (χ3v) is 4.46. The summed E-state index contributed by atoms with van der Waals surface area (Å²) < 4.78 is 11.1. The number of ketones is 1. The van der Waals surface area contributed by atoms with Crippen LogP contribution in [0.3, 0.4) is 0 Å². The van der Waals surface area contributed by atoms with E-state index in [9.17, 15) is 9.59 Å². The topological polar surface area (TPSA) is 69.4 Å². The van der Waals surface area contributed by atoms with Crippen molar-refractivity contribution < 1.29 is 18.8 Å². The van der Waals surface area contributed by atoms with Gasteiger partial charge in [0.2, 0.25) is 5.78 Å². The summed E-state index contributed by atoms with van der Waals surface area (Å²) in [4.78, 5) is 24.6. The quantitative estimate of drug-likeness (QED) is 0.587. The molecule has 0 N–H and O–H groups in total. The van der Waals surface area contributed by atoms with Crippen LogP contribution in [-0.4, -0.2) is 23.5 Å². The summed E-state index contributed by atoms with van der Waals surface area (Å²) in [5, 5.41) is 3.78. The molecule has 0 aromatic carbocycles. The Hall–Kier alpha value is -1.47. The van der Waals surface area contributed by atoms with E-state index in [4.69, 9.17) is 9.26 Å². The van der Waals surface area contributed by atoms with Gasteiger partial charge in [0, 0.05) is 5.92 Å². The molecule has 2 heterocycles. The summed E-state index contributed by atoms with van der Waals surface area (Å²) in [6, 6.07) is 3.47. The molecule has 0 fully saturated rings. The highest BCUT2D eigenvalue weighted by molar-refractivity contribution is 9.11. The number of thiophene rings is 1. The minimum Gasteiger partial charge on any atom is -0.454 e. The SMILES string of the molecule is Cc1noc(C(C)C)c1C(=O)OCC(=O)c1ccc(Br)s1. The van der Waals surface area contributed by atoms with Crippen LogP contribution in [0.5, 0.6) is 0 Å². The van der Waals surface area contributed by atoms with E-state index in [-0.39, 0.29) is 18.3 Å². The van der Waals surface area contributed by atoms with E-state index < -0.39 is 5.97 Å². The number of esters is 1. The maximum absolute atomic E-state index is 12.1. The largest absolute Gasteiger partial charge is 0.454 e. The number of nitrogens with zero attached hydrogens (tertiary/aromatic N) is 1. The van der Waals surface area contributed by atoms with Crippen molar-refractivity contribution >= 4 is 39.0 Å². The monoisotopic (exact) mass is 371 g/mol. The molecule has 7 heteroatoms. The maximum atomic E-state index is 12.1. The molecule has 0 aliphatic carbocycles. The van der Waals surface area contributed by atoms with Crippen molar-refractivity contribution in [2.24, 2.45) is 0 Å². The number of Topliss-reactive ketones (excluding diaryl/α,β-unsaturated/α-hetero) is 1. The number of hydrogen-bond donors (Lipinski definition) is 0. The van der Waals surface area contributed by atoms with Crippen LogP contribution < -0.4 is 0 Å². The number of hydrogen-bond acceptors (Lipinski definition) is 6. The third kappa shape index (κ3) is 3.59. The molecular formula is C14H14BrNO4S. The summed E-state index contributed by atoms with van der Waals surface area (Å²) >= 11 is 4.59. The molecule has 0 radical (unpaired) electrons. The zero-order valence-electron chi connectivity index (χ0n) is 11.8. The molecule has 0 bridgehead atoms. The van der Waals surface area contributed by atoms with Crippen molar-refractivity contribution in [3.8, 4) is 0 Å². The minimum atomic E-state index is -0.582. The maximum Gasteiger partial charge on any atom is 0.344 e. The van der Waals surface area contributed by atoms with E-state index in [0.29, 0.717) is 21.9 Å². The van der Waals surface area contributed by atoms with Crippen molar-refractivity contribution in [1.82, 2.24) is 5.16 Å². The molecule has 0 amide bonds. The highest BCUT2D eigenvalue weighted by atomic mass is 79.9. The first-order valence-electron chi connectivity index (χ1n) is 6.32. The van der Waals surface area contributed by atoms with Gasteiger partial charge in [0.25, 0.3) is 0 Å². The molecule has 0 atom stereocenters. The zero-order chi connectivity index (χ0) is 15.6. The van der Waals surface area contributed by atoms with Gasteiger partial charge in [0.05, 0.1) is 14.4 Å². The number of aromatic nitrogens is 1. The Balaban J connectivity index is 2.05. The van der Waals surface area contributed by atoms with Crippen molar-refractivity contribution in [2.75, 3.05) is 6.61 Å². The molecule has 0 saturated heterocycles. The van der Waals surface area contributed by atoms with E-state index in [1.54, 1.807) is 19.1 Å². The molecule has 2 aromatic heterocycles. The van der Waals surface area contributed by atoms with Gasteiger partial charge in [-0.1, -0.05) is 19.0 Å². The van der Waals surface area contributed by atoms with Crippen LogP contribution >= 0.6 is 27.3 Å². The molecule has 21 heavy (non-hydrogen) atoms. The summed E-state index contributed by atoms with van der Waals surface area (Å²) in [5.74, 6) is -0.331. The Morgan fingerprint density at radius 2 is 2.14 bits per heavy atom. The Kier molecular flexibility index (Phi) is 4.95. The first-order valence-corrected chi connectivity index (χ1v) is 7.93. The molecule has 5 nitrogen and oxygen atoms in total. The zero-order valence-corrected chi connectivity index (χ0v) is 14.2. The lowest BCUT2D eigenvalue weighted by Gasteiger charge is -2.05. The van der Waals surface area contributed by atoms with Crippen LogP contribution in [0.15, 0.2) is 20.4 Å². The molecule has 0 saturated carbocycles. The summed E-state index contributed by atoms with van der Waals surface area (Å²) in [5.41, 5.74) is 0.778. The first kappa shape index (κ1) is 15.9. The Bertz CT molecular complexity index is 674. The molecule has 0 aliphatic rings. The van der Waals surface area contributed by atoms with Crippen molar-refractivity contribution in [2.45, 2.75) is 26.7 Å². The van der Waals surface area contributed by atoms with Gasteiger partial charge in [0.1, 0.15) is 5.56 Å². The van der Waals surface area contributed by atoms with Crippen LogP contribution in [0, 0.1) is 6.92 Å². The average Bonchev–Trinajstić information content (AvgIpc) is 3.01. The Morgan fingerprint density at radius 1 is 1.43 bits per heavy atom. The predicted molar refractivity (Wildman–Crippen MR) is 82.0 cm³/mol. The van der Waals surface area contributed by atoms with Gasteiger partial charge in [-0.2, -0.15) is 0 Å². The van der Waals surface area contributed by atoms with Gasteiger partial charge < -0.3 is 9.26 Å². The number of carbonyl (C=O) groups excluding carboxylic acids is 2. The van der Waals surface area contributed by atoms with Gasteiger partial charge in [0.15, 0.2) is 12.4 Å². The number of halogens is 1. The predicted octanol–water partition coefficient (Wildman–Crippen LogP) is 3.97. The first-order chi connectivity index (χ1) is 9.90. The second kappa shape index (κ2) is 6.53. The fraction of sp³-hybridized carbons (Fsp3) is 0.357. The molecular weight excluding hydrogens is 358 g/mol. The van der Waals surface area contributed by atoms with Crippen LogP contribution in [-0.2, 0) is 4.74 Å². The van der Waals surface area contributed by atoms with Crippen LogP contribution in [0.4, 0.5) is 0 Å². The van der Waals surface area contributed by atoms with Crippen molar-refractivity contribution in [1.29, 1.82) is 0 Å². The van der Waals surface area contributed by atoms with Gasteiger partial charge in [-0.05, 0) is 35.0 Å². The van der Waals surface area contributed by atoms with Gasteiger partial charge in [-0.3, -0.25) is 4.79 Å². The lowest BCUT2D eigenvalue weighted by molar-refractivity contribution is 0.0472. The fourth-order valence-electron chi connectivity index (χ4n) is 1.77. The van der Waals surface area contributed by atoms with E-state index in [0.717, 1.165) is 3.79 Å². The van der Waals surface area contributed by atoms with Crippen LogP contribution in [0.2, 0.25) is 0 Å². The van der Waals surface area contributed by atoms with E-state index in [1.165, 1.54) is 11.3 Å². The Labute approximate surface area is 134 Å². The number of carbonyl (C=O) groups is 2. The standard InChI is InChI=1S/C14H14BrNO4S/c1-7(2)13-12(8(3)16-20-13)14(18)19-6-9(17)10-4-5-11(15)21-10/h4-5,7H,6H2,1-3H3. The summed E-state index contributed by atoms with van der Waals surface area (Å²) in [6.07, 6.45) is 0. The third-order valence-electron chi connectivity index (χ3n) is 2.80. The minimum absolute atomic E-state index is 0.0118. The molecule has 0 aliphatic heterocycles. The molecule has 0 spiro atoms.